The van der Waals surface area contributed by atoms with Gasteiger partial charge in [0.05, 0.1) is 22.2 Å². The Morgan fingerprint density at radius 3 is 2.55 bits per heavy atom. The van der Waals surface area contributed by atoms with Crippen LogP contribution in [-0.4, -0.2) is 22.0 Å². The minimum absolute atomic E-state index is 0.131. The molecule has 0 aliphatic rings. The average molecular weight is 423 g/mol. The molecule has 0 saturated heterocycles. The van der Waals surface area contributed by atoms with Gasteiger partial charge < -0.3 is 9.88 Å². The Labute approximate surface area is 169 Å². The second-order valence-corrected chi connectivity index (χ2v) is 8.54. The van der Waals surface area contributed by atoms with Gasteiger partial charge in [-0.25, -0.2) is 4.98 Å². The molecule has 1 N–H and O–H groups in total. The number of carbonyl (C=O) groups is 1. The number of hydrogen-bond acceptors (Lipinski definition) is 4. The molecule has 0 bridgehead atoms. The number of alkyl halides is 3. The van der Waals surface area contributed by atoms with Crippen LogP contribution in [0.4, 0.5) is 13.2 Å². The van der Waals surface area contributed by atoms with Crippen LogP contribution in [-0.2, 0) is 18.6 Å². The molecular formula is C20H20F3N3O2S. The van der Waals surface area contributed by atoms with Gasteiger partial charge in [0.1, 0.15) is 4.83 Å². The fraction of sp³-hybridized carbons (Fsp3) is 0.350. The van der Waals surface area contributed by atoms with Crippen molar-refractivity contribution in [3.63, 3.8) is 0 Å². The summed E-state index contributed by atoms with van der Waals surface area (Å²) in [5.41, 5.74) is -0.663. The average Bonchev–Trinajstić information content (AvgIpc) is 2.99. The minimum Gasteiger partial charge on any atom is -0.350 e. The lowest BCUT2D eigenvalue weighted by atomic mass is 9.83. The first kappa shape index (κ1) is 21.0. The largest absolute Gasteiger partial charge is 0.416 e. The maximum absolute atomic E-state index is 13.0. The maximum atomic E-state index is 13.0. The van der Waals surface area contributed by atoms with Crippen LogP contribution in [0.2, 0.25) is 0 Å². The number of nitrogens with one attached hydrogen (secondary N) is 1. The molecule has 1 amide bonds. The Morgan fingerprint density at radius 1 is 1.24 bits per heavy atom. The van der Waals surface area contributed by atoms with E-state index in [0.717, 1.165) is 23.5 Å². The van der Waals surface area contributed by atoms with Crippen LogP contribution in [0.15, 0.2) is 35.4 Å². The maximum Gasteiger partial charge on any atom is 0.416 e. The van der Waals surface area contributed by atoms with Crippen molar-refractivity contribution < 1.29 is 18.0 Å². The number of aromatic nitrogens is 2. The van der Waals surface area contributed by atoms with Gasteiger partial charge >= 0.3 is 6.18 Å². The third-order valence-electron chi connectivity index (χ3n) is 4.88. The number of benzene rings is 1. The summed E-state index contributed by atoms with van der Waals surface area (Å²) in [6.45, 7) is 5.34. The molecule has 0 atom stereocenters. The summed E-state index contributed by atoms with van der Waals surface area (Å²) in [6, 6.07) is 5.09. The summed E-state index contributed by atoms with van der Waals surface area (Å²) in [5, 5.41) is 3.19. The van der Waals surface area contributed by atoms with Crippen LogP contribution in [0.25, 0.3) is 10.2 Å². The Kier molecular flexibility index (Phi) is 5.29. The fourth-order valence-electron chi connectivity index (χ4n) is 3.03. The van der Waals surface area contributed by atoms with E-state index < -0.39 is 17.2 Å². The molecule has 29 heavy (non-hydrogen) atoms. The number of halogens is 3. The van der Waals surface area contributed by atoms with Crippen molar-refractivity contribution in [2.45, 2.75) is 32.4 Å². The van der Waals surface area contributed by atoms with Gasteiger partial charge in [-0.3, -0.25) is 9.59 Å². The van der Waals surface area contributed by atoms with Gasteiger partial charge in [0.25, 0.3) is 11.5 Å². The third kappa shape index (κ3) is 4.05. The van der Waals surface area contributed by atoms with E-state index in [1.54, 1.807) is 33.9 Å². The molecule has 0 unspecified atom stereocenters. The van der Waals surface area contributed by atoms with E-state index in [2.05, 4.69) is 10.3 Å². The van der Waals surface area contributed by atoms with E-state index in [9.17, 15) is 22.8 Å². The molecule has 0 aliphatic heterocycles. The highest BCUT2D eigenvalue weighted by Crippen LogP contribution is 2.33. The molecule has 9 heteroatoms. The summed E-state index contributed by atoms with van der Waals surface area (Å²) in [5.74, 6) is -0.382. The van der Waals surface area contributed by atoms with Gasteiger partial charge in [-0.15, -0.1) is 11.3 Å². The third-order valence-corrected chi connectivity index (χ3v) is 6.08. The Hall–Kier alpha value is -2.68. The first-order valence-electron chi connectivity index (χ1n) is 8.82. The summed E-state index contributed by atoms with van der Waals surface area (Å²) >= 11 is 1.12. The normalized spacial score (nSPS) is 12.4. The molecular weight excluding hydrogens is 403 g/mol. The molecule has 0 fully saturated rings. The molecule has 0 saturated carbocycles. The van der Waals surface area contributed by atoms with Crippen LogP contribution in [0, 0.1) is 6.92 Å². The first-order chi connectivity index (χ1) is 13.4. The molecule has 0 aliphatic carbocycles. The Balaban J connectivity index is 1.84. The highest BCUT2D eigenvalue weighted by Gasteiger charge is 2.32. The van der Waals surface area contributed by atoms with E-state index >= 15 is 0 Å². The van der Waals surface area contributed by atoms with Crippen LogP contribution < -0.4 is 10.9 Å². The summed E-state index contributed by atoms with van der Waals surface area (Å²) < 4.78 is 40.3. The quantitative estimate of drug-likeness (QED) is 0.689. The second kappa shape index (κ2) is 7.29. The van der Waals surface area contributed by atoms with E-state index in [1.165, 1.54) is 17.0 Å². The van der Waals surface area contributed by atoms with E-state index in [4.69, 9.17) is 0 Å². The lowest BCUT2D eigenvalue weighted by Gasteiger charge is -2.26. The summed E-state index contributed by atoms with van der Waals surface area (Å²) in [4.78, 5) is 30.1. The van der Waals surface area contributed by atoms with E-state index in [-0.39, 0.29) is 18.0 Å². The van der Waals surface area contributed by atoms with Crippen molar-refractivity contribution in [2.75, 3.05) is 6.54 Å². The predicted octanol–water partition coefficient (Wildman–Crippen LogP) is 4.03. The lowest BCUT2D eigenvalue weighted by Crippen LogP contribution is -2.36. The number of carbonyl (C=O) groups excluding carboxylic acids is 1. The van der Waals surface area contributed by atoms with Crippen molar-refractivity contribution in [3.8, 4) is 0 Å². The number of aryl methyl sites for hydroxylation is 2. The zero-order valence-electron chi connectivity index (χ0n) is 16.3. The molecule has 0 radical (unpaired) electrons. The minimum atomic E-state index is -4.43. The van der Waals surface area contributed by atoms with E-state index in [0.29, 0.717) is 26.2 Å². The van der Waals surface area contributed by atoms with Gasteiger partial charge in [0.2, 0.25) is 0 Å². The van der Waals surface area contributed by atoms with Crippen molar-refractivity contribution in [3.05, 3.63) is 62.5 Å². The van der Waals surface area contributed by atoms with Gasteiger partial charge in [0, 0.05) is 19.0 Å². The highest BCUT2D eigenvalue weighted by atomic mass is 32.1. The molecule has 1 aromatic carbocycles. The smallest absolute Gasteiger partial charge is 0.350 e. The Morgan fingerprint density at radius 2 is 1.90 bits per heavy atom. The van der Waals surface area contributed by atoms with Crippen molar-refractivity contribution in [1.29, 1.82) is 0 Å². The van der Waals surface area contributed by atoms with Crippen molar-refractivity contribution >= 4 is 27.5 Å². The molecule has 3 rings (SSSR count). The highest BCUT2D eigenvalue weighted by molar-refractivity contribution is 7.20. The number of hydrogen-bond donors (Lipinski definition) is 1. The Bertz CT molecular complexity index is 1150. The van der Waals surface area contributed by atoms with Crippen LogP contribution in [0.5, 0.6) is 0 Å². The standard InChI is InChI=1S/C20H20F3N3O2S/c1-11-14-17(25-10-26(4)18(14)28)29-15(11)16(27)24-9-19(2,3)12-6-5-7-13(8-12)20(21,22)23/h5-8,10H,9H2,1-4H3,(H,24,27). The number of rotatable bonds is 4. The SMILES string of the molecule is Cc1c(C(=O)NCC(C)(C)c2cccc(C(F)(F)F)c2)sc2ncn(C)c(=O)c12. The molecule has 5 nitrogen and oxygen atoms in total. The van der Waals surface area contributed by atoms with Crippen molar-refractivity contribution in [2.24, 2.45) is 7.05 Å². The van der Waals surface area contributed by atoms with Gasteiger partial charge in [-0.05, 0) is 24.1 Å². The predicted molar refractivity (Wildman–Crippen MR) is 106 cm³/mol. The van der Waals surface area contributed by atoms with E-state index in [1.807, 2.05) is 0 Å². The topological polar surface area (TPSA) is 64.0 Å². The zero-order valence-corrected chi connectivity index (χ0v) is 17.2. The molecule has 3 aromatic rings. The fourth-order valence-corrected chi connectivity index (χ4v) is 4.08. The number of nitrogens with zero attached hydrogens (tertiary/aromatic N) is 2. The molecule has 2 aromatic heterocycles. The summed E-state index contributed by atoms with van der Waals surface area (Å²) in [6.07, 6.45) is -3.03. The first-order valence-corrected chi connectivity index (χ1v) is 9.64. The van der Waals surface area contributed by atoms with Gasteiger partial charge in [0.15, 0.2) is 0 Å². The van der Waals surface area contributed by atoms with Gasteiger partial charge in [-0.1, -0.05) is 32.0 Å². The molecule has 2 heterocycles. The number of fused-ring (bicyclic) bond motifs is 1. The zero-order chi connectivity index (χ0) is 21.6. The van der Waals surface area contributed by atoms with Crippen LogP contribution in [0.1, 0.15) is 40.2 Å². The number of thiophene rings is 1. The van der Waals surface area contributed by atoms with Gasteiger partial charge in [-0.2, -0.15) is 13.2 Å². The monoisotopic (exact) mass is 423 g/mol. The van der Waals surface area contributed by atoms with Crippen molar-refractivity contribution in [1.82, 2.24) is 14.9 Å². The molecule has 154 valence electrons. The van der Waals surface area contributed by atoms with Crippen LogP contribution >= 0.6 is 11.3 Å². The second-order valence-electron chi connectivity index (χ2n) is 7.54. The lowest BCUT2D eigenvalue weighted by molar-refractivity contribution is -0.137. The van der Waals surface area contributed by atoms with Crippen LogP contribution in [0.3, 0.4) is 0 Å². The number of amides is 1. The molecule has 0 spiro atoms. The summed E-state index contributed by atoms with van der Waals surface area (Å²) in [7, 11) is 1.59.